The number of nitriles is 1. The number of nitrogens with zero attached hydrogens (tertiary/aromatic N) is 2. The third-order valence-electron chi connectivity index (χ3n) is 3.30. The van der Waals surface area contributed by atoms with Gasteiger partial charge in [0.1, 0.15) is 17.7 Å². The molecule has 0 N–H and O–H groups in total. The van der Waals surface area contributed by atoms with E-state index in [-0.39, 0.29) is 0 Å². The molecule has 0 radical (unpaired) electrons. The molecule has 1 aromatic rings. The molecule has 21 heavy (non-hydrogen) atoms. The number of rotatable bonds is 5. The van der Waals surface area contributed by atoms with Gasteiger partial charge in [-0.05, 0) is 18.2 Å². The lowest BCUT2D eigenvalue weighted by atomic mass is 10.2. The number of ether oxygens (including phenoxy) is 1. The summed E-state index contributed by atoms with van der Waals surface area (Å²) >= 11 is 1.67. The van der Waals surface area contributed by atoms with Crippen molar-refractivity contribution in [1.82, 2.24) is 4.90 Å². The summed E-state index contributed by atoms with van der Waals surface area (Å²) in [4.78, 5) is 1.96. The number of hydrogen-bond acceptors (Lipinski definition) is 6. The maximum Gasteiger partial charge on any atom is 0.164 e. The molecule has 1 aliphatic heterocycles. The molecule has 0 saturated carbocycles. The first-order valence-electron chi connectivity index (χ1n) is 6.64. The summed E-state index contributed by atoms with van der Waals surface area (Å²) in [5.41, 5.74) is 0.552. The fourth-order valence-corrected chi connectivity index (χ4v) is 5.17. The van der Waals surface area contributed by atoms with Gasteiger partial charge in [-0.25, -0.2) is 8.42 Å². The molecular weight excluding hydrogens is 308 g/mol. The topological polar surface area (TPSA) is 70.4 Å². The molecule has 0 spiro atoms. The highest BCUT2D eigenvalue weighted by atomic mass is 32.2. The lowest BCUT2D eigenvalue weighted by molar-refractivity contribution is 0.206. The van der Waals surface area contributed by atoms with Gasteiger partial charge in [0.15, 0.2) is 9.84 Å². The molecule has 0 bridgehead atoms. The van der Waals surface area contributed by atoms with Crippen LogP contribution in [0.1, 0.15) is 5.56 Å². The Hall–Kier alpha value is -1.23. The van der Waals surface area contributed by atoms with Gasteiger partial charge in [0, 0.05) is 30.9 Å². The zero-order valence-electron chi connectivity index (χ0n) is 11.9. The van der Waals surface area contributed by atoms with Gasteiger partial charge in [-0.3, -0.25) is 4.90 Å². The second kappa shape index (κ2) is 7.16. The molecule has 2 rings (SSSR count). The summed E-state index contributed by atoms with van der Waals surface area (Å²) in [6.07, 6.45) is 1.29. The number of sulfone groups is 1. The first-order chi connectivity index (χ1) is 10.0. The number of benzene rings is 1. The van der Waals surface area contributed by atoms with E-state index in [0.717, 1.165) is 12.3 Å². The molecule has 1 unspecified atom stereocenters. The highest BCUT2D eigenvalue weighted by Gasteiger charge is 2.30. The highest BCUT2D eigenvalue weighted by molar-refractivity contribution is 8.00. The van der Waals surface area contributed by atoms with Crippen LogP contribution in [-0.4, -0.2) is 56.1 Å². The van der Waals surface area contributed by atoms with E-state index in [1.165, 1.54) is 6.26 Å². The lowest BCUT2D eigenvalue weighted by Gasteiger charge is -2.33. The summed E-state index contributed by atoms with van der Waals surface area (Å²) in [5.74, 6) is 2.19. The average molecular weight is 326 g/mol. The predicted molar refractivity (Wildman–Crippen MR) is 84.2 cm³/mol. The van der Waals surface area contributed by atoms with Crippen molar-refractivity contribution in [2.24, 2.45) is 0 Å². The first kappa shape index (κ1) is 16.1. The van der Waals surface area contributed by atoms with Crippen LogP contribution in [0.4, 0.5) is 0 Å². The third-order valence-corrected chi connectivity index (χ3v) is 5.98. The van der Waals surface area contributed by atoms with E-state index in [2.05, 4.69) is 6.07 Å². The molecule has 7 heteroatoms. The molecule has 1 atom stereocenters. The van der Waals surface area contributed by atoms with Crippen molar-refractivity contribution in [2.45, 2.75) is 5.37 Å². The molecule has 1 fully saturated rings. The zero-order chi connectivity index (χ0) is 15.3. The summed E-state index contributed by atoms with van der Waals surface area (Å²) < 4.78 is 29.2. The quantitative estimate of drug-likeness (QED) is 0.813. The Labute approximate surface area is 129 Å². The van der Waals surface area contributed by atoms with Crippen molar-refractivity contribution in [3.8, 4) is 11.8 Å². The molecule has 1 saturated heterocycles. The molecule has 0 amide bonds. The van der Waals surface area contributed by atoms with Gasteiger partial charge in [0.25, 0.3) is 0 Å². The van der Waals surface area contributed by atoms with Crippen molar-refractivity contribution in [3.05, 3.63) is 29.8 Å². The smallest absolute Gasteiger partial charge is 0.164 e. The van der Waals surface area contributed by atoms with Crippen LogP contribution in [0.2, 0.25) is 0 Å². The maximum absolute atomic E-state index is 11.8. The van der Waals surface area contributed by atoms with Crippen LogP contribution in [0.5, 0.6) is 5.75 Å². The maximum atomic E-state index is 11.8. The Balaban J connectivity index is 1.91. The minimum atomic E-state index is -3.07. The third kappa shape index (κ3) is 4.63. The van der Waals surface area contributed by atoms with Crippen LogP contribution >= 0.6 is 11.8 Å². The van der Waals surface area contributed by atoms with Crippen molar-refractivity contribution < 1.29 is 13.2 Å². The lowest BCUT2D eigenvalue weighted by Crippen LogP contribution is -2.48. The van der Waals surface area contributed by atoms with Crippen LogP contribution in [0, 0.1) is 11.3 Å². The van der Waals surface area contributed by atoms with Crippen LogP contribution in [-0.2, 0) is 9.84 Å². The molecule has 1 heterocycles. The summed E-state index contributed by atoms with van der Waals surface area (Å²) in [7, 11) is -3.07. The molecule has 114 valence electrons. The van der Waals surface area contributed by atoms with Crippen molar-refractivity contribution in [3.63, 3.8) is 0 Å². The van der Waals surface area contributed by atoms with E-state index in [4.69, 9.17) is 10.00 Å². The average Bonchev–Trinajstić information content (AvgIpc) is 2.47. The monoisotopic (exact) mass is 326 g/mol. The Kier molecular flexibility index (Phi) is 5.51. The van der Waals surface area contributed by atoms with Gasteiger partial charge in [0.05, 0.1) is 11.6 Å². The van der Waals surface area contributed by atoms with Gasteiger partial charge < -0.3 is 4.74 Å². The van der Waals surface area contributed by atoms with E-state index in [1.54, 1.807) is 36.0 Å². The minimum absolute atomic E-state index is 0.408. The van der Waals surface area contributed by atoms with Gasteiger partial charge in [-0.15, -0.1) is 0 Å². The molecule has 1 aliphatic rings. The second-order valence-corrected chi connectivity index (χ2v) is 8.24. The fraction of sp³-hybridized carbons (Fsp3) is 0.500. The van der Waals surface area contributed by atoms with E-state index >= 15 is 0 Å². The number of thioether (sulfide) groups is 1. The Morgan fingerprint density at radius 3 is 3.05 bits per heavy atom. The van der Waals surface area contributed by atoms with Crippen LogP contribution in [0.15, 0.2) is 24.3 Å². The summed E-state index contributed by atoms with van der Waals surface area (Å²) in [5, 5.41) is 8.41. The second-order valence-electron chi connectivity index (χ2n) is 4.88. The van der Waals surface area contributed by atoms with E-state index in [0.29, 0.717) is 30.2 Å². The largest absolute Gasteiger partial charge is 0.492 e. The zero-order valence-corrected chi connectivity index (χ0v) is 13.5. The van der Waals surface area contributed by atoms with Gasteiger partial charge in [-0.2, -0.15) is 17.0 Å². The number of hydrogen-bond donors (Lipinski definition) is 0. The Morgan fingerprint density at radius 2 is 2.33 bits per heavy atom. The minimum Gasteiger partial charge on any atom is -0.492 e. The Morgan fingerprint density at radius 1 is 1.52 bits per heavy atom. The van der Waals surface area contributed by atoms with Crippen LogP contribution < -0.4 is 4.74 Å². The SMILES string of the molecule is CS(=O)(=O)C1CSCCN1CCOc1cccc(C#N)c1. The Bertz CT molecular complexity index is 625. The standard InChI is InChI=1S/C14H18N2O3S2/c1-21(17,18)14-11-20-8-6-16(14)5-7-19-13-4-2-3-12(9-13)10-15/h2-4,9,14H,5-8,11H2,1H3. The summed E-state index contributed by atoms with van der Waals surface area (Å²) in [6, 6.07) is 9.02. The summed E-state index contributed by atoms with van der Waals surface area (Å²) in [6.45, 7) is 1.73. The van der Waals surface area contributed by atoms with E-state index < -0.39 is 15.2 Å². The molecule has 1 aromatic carbocycles. The van der Waals surface area contributed by atoms with Gasteiger partial charge in [0.2, 0.25) is 0 Å². The van der Waals surface area contributed by atoms with Crippen LogP contribution in [0.3, 0.4) is 0 Å². The molecular formula is C14H18N2O3S2. The van der Waals surface area contributed by atoms with Gasteiger partial charge >= 0.3 is 0 Å². The van der Waals surface area contributed by atoms with Crippen molar-refractivity contribution in [2.75, 3.05) is 37.5 Å². The van der Waals surface area contributed by atoms with Crippen molar-refractivity contribution >= 4 is 21.6 Å². The predicted octanol–water partition coefficient (Wildman–Crippen LogP) is 1.36. The van der Waals surface area contributed by atoms with E-state index in [9.17, 15) is 8.42 Å². The molecule has 5 nitrogen and oxygen atoms in total. The molecule has 0 aromatic heterocycles. The van der Waals surface area contributed by atoms with Crippen molar-refractivity contribution in [1.29, 1.82) is 5.26 Å². The fourth-order valence-electron chi connectivity index (χ4n) is 2.20. The van der Waals surface area contributed by atoms with E-state index in [1.807, 2.05) is 4.90 Å². The normalized spacial score (nSPS) is 19.9. The highest BCUT2D eigenvalue weighted by Crippen LogP contribution is 2.20. The van der Waals surface area contributed by atoms with Crippen LogP contribution in [0.25, 0.3) is 0 Å². The van der Waals surface area contributed by atoms with Gasteiger partial charge in [-0.1, -0.05) is 6.07 Å². The molecule has 0 aliphatic carbocycles. The first-order valence-corrected chi connectivity index (χ1v) is 9.75.